The van der Waals surface area contributed by atoms with Gasteiger partial charge in [-0.05, 0) is 19.1 Å². The molecule has 0 N–H and O–H groups in total. The van der Waals surface area contributed by atoms with Crippen LogP contribution in [-0.2, 0) is 6.54 Å². The number of aromatic nitrogens is 2. The molecule has 0 amide bonds. The Balaban J connectivity index is 1.97. The molecule has 100 valence electrons. The Labute approximate surface area is 116 Å². The maximum atomic E-state index is 13.6. The number of rotatable bonds is 3. The lowest BCUT2D eigenvalue weighted by atomic mass is 10.1. The summed E-state index contributed by atoms with van der Waals surface area (Å²) in [5, 5.41) is 0. The Morgan fingerprint density at radius 1 is 1.25 bits per heavy atom. The van der Waals surface area contributed by atoms with Crippen LogP contribution in [0.25, 0.3) is 11.4 Å². The number of hydrogen-bond acceptors (Lipinski definition) is 2. The second kappa shape index (κ2) is 4.89. The number of Topliss-reactive ketones (excluding diaryl/α,β-unsaturated/α-hetero) is 1. The van der Waals surface area contributed by atoms with E-state index < -0.39 is 0 Å². The molecule has 2 heterocycles. The van der Waals surface area contributed by atoms with E-state index in [4.69, 9.17) is 0 Å². The van der Waals surface area contributed by atoms with Gasteiger partial charge in [-0.15, -0.1) is 0 Å². The molecule has 4 heteroatoms. The first kappa shape index (κ1) is 12.5. The molecule has 20 heavy (non-hydrogen) atoms. The van der Waals surface area contributed by atoms with E-state index in [0.29, 0.717) is 17.0 Å². The zero-order chi connectivity index (χ0) is 14.1. The average molecular weight is 268 g/mol. The number of nitrogens with zero attached hydrogens (tertiary/aromatic N) is 2. The van der Waals surface area contributed by atoms with Gasteiger partial charge >= 0.3 is 0 Å². The average Bonchev–Trinajstić information content (AvgIpc) is 2.80. The fraction of sp³-hybridized carbons (Fsp3) is 0.125. The van der Waals surface area contributed by atoms with E-state index in [1.165, 1.54) is 12.3 Å². The van der Waals surface area contributed by atoms with Crippen LogP contribution < -0.4 is 0 Å². The van der Waals surface area contributed by atoms with Crippen LogP contribution in [0.5, 0.6) is 0 Å². The summed E-state index contributed by atoms with van der Waals surface area (Å²) >= 11 is 0. The minimum atomic E-state index is -0.370. The molecular weight excluding hydrogens is 255 g/mol. The highest BCUT2D eigenvalue weighted by molar-refractivity contribution is 5.96. The number of carbonyl (C=O) groups is 1. The first-order valence-corrected chi connectivity index (χ1v) is 6.35. The largest absolute Gasteiger partial charge is 0.322 e. The van der Waals surface area contributed by atoms with Crippen molar-refractivity contribution in [3.05, 3.63) is 65.7 Å². The van der Waals surface area contributed by atoms with Gasteiger partial charge in [0, 0.05) is 23.0 Å². The smallest absolute Gasteiger partial charge is 0.182 e. The molecule has 0 aliphatic carbocycles. The zero-order valence-corrected chi connectivity index (χ0v) is 11.0. The van der Waals surface area contributed by atoms with Crippen molar-refractivity contribution in [3.63, 3.8) is 0 Å². The van der Waals surface area contributed by atoms with Crippen molar-refractivity contribution >= 4 is 5.78 Å². The lowest BCUT2D eigenvalue weighted by Crippen LogP contribution is -2.13. The monoisotopic (exact) mass is 268 g/mol. The van der Waals surface area contributed by atoms with Crippen molar-refractivity contribution in [2.24, 2.45) is 0 Å². The molecule has 0 unspecified atom stereocenters. The van der Waals surface area contributed by atoms with Crippen LogP contribution in [0.2, 0.25) is 0 Å². The number of halogens is 1. The lowest BCUT2D eigenvalue weighted by molar-refractivity contribution is 0.0972. The number of fused-ring (bicyclic) bond motifs is 1. The topological polar surface area (TPSA) is 34.9 Å². The van der Waals surface area contributed by atoms with E-state index in [2.05, 4.69) is 4.98 Å². The van der Waals surface area contributed by atoms with Gasteiger partial charge in [-0.3, -0.25) is 4.79 Å². The van der Waals surface area contributed by atoms with Crippen molar-refractivity contribution < 1.29 is 9.18 Å². The second-order valence-corrected chi connectivity index (χ2v) is 4.75. The first-order valence-electron chi connectivity index (χ1n) is 6.35. The van der Waals surface area contributed by atoms with Crippen molar-refractivity contribution in [2.75, 3.05) is 0 Å². The number of ketones is 1. The summed E-state index contributed by atoms with van der Waals surface area (Å²) in [4.78, 5) is 16.5. The molecule has 0 fully saturated rings. The molecule has 3 nitrogen and oxygen atoms in total. The third-order valence-corrected chi connectivity index (χ3v) is 3.16. The summed E-state index contributed by atoms with van der Waals surface area (Å²) in [6.45, 7) is 1.93. The maximum absolute atomic E-state index is 13.6. The molecule has 3 rings (SSSR count). The summed E-state index contributed by atoms with van der Waals surface area (Å²) < 4.78 is 15.2. The zero-order valence-electron chi connectivity index (χ0n) is 11.0. The van der Waals surface area contributed by atoms with Gasteiger partial charge in [0.1, 0.15) is 11.6 Å². The Hall–Kier alpha value is -2.49. The summed E-state index contributed by atoms with van der Waals surface area (Å²) in [6.07, 6.45) is 1.32. The molecule has 2 aliphatic heterocycles. The highest BCUT2D eigenvalue weighted by Gasteiger charge is 2.15. The number of aryl methyl sites for hydroxylation is 1. The minimum Gasteiger partial charge on any atom is -0.322 e. The predicted molar refractivity (Wildman–Crippen MR) is 74.3 cm³/mol. The van der Waals surface area contributed by atoms with Crippen molar-refractivity contribution in [1.82, 2.24) is 9.55 Å². The Bertz CT molecular complexity index is 734. The SMILES string of the molecule is Cc1cc2cc(F)cn(CC(=O)c3ccccc3)c-2n1. The third-order valence-electron chi connectivity index (χ3n) is 3.16. The van der Waals surface area contributed by atoms with Gasteiger partial charge < -0.3 is 4.57 Å². The van der Waals surface area contributed by atoms with Crippen LogP contribution in [0, 0.1) is 12.7 Å². The molecular formula is C16H13FN2O. The number of benzene rings is 1. The van der Waals surface area contributed by atoms with E-state index in [0.717, 1.165) is 5.69 Å². The molecule has 0 saturated heterocycles. The molecule has 1 aromatic rings. The van der Waals surface area contributed by atoms with E-state index >= 15 is 0 Å². The summed E-state index contributed by atoms with van der Waals surface area (Å²) in [5.74, 6) is 0.196. The summed E-state index contributed by atoms with van der Waals surface area (Å²) in [7, 11) is 0. The highest BCUT2D eigenvalue weighted by atomic mass is 19.1. The molecule has 0 atom stereocenters. The van der Waals surface area contributed by atoms with Crippen molar-refractivity contribution in [1.29, 1.82) is 0 Å². The number of carbonyl (C=O) groups excluding carboxylic acids is 1. The van der Waals surface area contributed by atoms with E-state index in [1.54, 1.807) is 16.7 Å². The fourth-order valence-electron chi connectivity index (χ4n) is 2.28. The van der Waals surface area contributed by atoms with Gasteiger partial charge in [-0.2, -0.15) is 0 Å². The van der Waals surface area contributed by atoms with Crippen molar-refractivity contribution in [3.8, 4) is 11.4 Å². The summed E-state index contributed by atoms with van der Waals surface area (Å²) in [6, 6.07) is 12.2. The van der Waals surface area contributed by atoms with Crippen LogP contribution in [0.15, 0.2) is 48.7 Å². The molecule has 0 saturated carbocycles. The molecule has 0 aromatic heterocycles. The quantitative estimate of drug-likeness (QED) is 0.683. The number of pyridine rings is 1. The second-order valence-electron chi connectivity index (χ2n) is 4.75. The minimum absolute atomic E-state index is 0.0665. The molecule has 0 spiro atoms. The maximum Gasteiger partial charge on any atom is 0.182 e. The van der Waals surface area contributed by atoms with Gasteiger partial charge in [0.05, 0.1) is 6.54 Å². The fourth-order valence-corrected chi connectivity index (χ4v) is 2.28. The molecule has 1 aromatic carbocycles. The Morgan fingerprint density at radius 3 is 2.75 bits per heavy atom. The van der Waals surface area contributed by atoms with E-state index in [9.17, 15) is 9.18 Å². The van der Waals surface area contributed by atoms with Gasteiger partial charge in [0.2, 0.25) is 0 Å². The Morgan fingerprint density at radius 2 is 2.00 bits per heavy atom. The molecule has 2 aliphatic rings. The van der Waals surface area contributed by atoms with Gasteiger partial charge in [0.25, 0.3) is 0 Å². The van der Waals surface area contributed by atoms with Crippen LogP contribution in [0.1, 0.15) is 16.1 Å². The molecule has 0 radical (unpaired) electrons. The predicted octanol–water partition coefficient (Wildman–Crippen LogP) is 3.32. The Kier molecular flexibility index (Phi) is 3.06. The van der Waals surface area contributed by atoms with Crippen LogP contribution in [0.4, 0.5) is 4.39 Å². The highest BCUT2D eigenvalue weighted by Crippen LogP contribution is 2.23. The lowest BCUT2D eigenvalue weighted by Gasteiger charge is -2.11. The van der Waals surface area contributed by atoms with Gasteiger partial charge in [-0.25, -0.2) is 9.37 Å². The van der Waals surface area contributed by atoms with E-state index in [1.807, 2.05) is 31.2 Å². The van der Waals surface area contributed by atoms with Crippen LogP contribution in [0.3, 0.4) is 0 Å². The van der Waals surface area contributed by atoms with Crippen LogP contribution >= 0.6 is 0 Å². The molecule has 0 bridgehead atoms. The van der Waals surface area contributed by atoms with Crippen LogP contribution in [-0.4, -0.2) is 15.3 Å². The van der Waals surface area contributed by atoms with E-state index in [-0.39, 0.29) is 18.1 Å². The first-order chi connectivity index (χ1) is 9.63. The summed E-state index contributed by atoms with van der Waals surface area (Å²) in [5.41, 5.74) is 2.13. The third kappa shape index (κ3) is 2.32. The normalized spacial score (nSPS) is 10.9. The van der Waals surface area contributed by atoms with Crippen molar-refractivity contribution in [2.45, 2.75) is 13.5 Å². The van der Waals surface area contributed by atoms with Gasteiger partial charge in [-0.1, -0.05) is 30.3 Å². The standard InChI is InChI=1S/C16H13FN2O/c1-11-7-13-8-14(17)9-19(16(13)18-11)10-15(20)12-5-3-2-4-6-12/h2-9H,10H2,1H3. The van der Waals surface area contributed by atoms with Gasteiger partial charge in [0.15, 0.2) is 5.78 Å². The number of hydrogen-bond donors (Lipinski definition) is 0.